The highest BCUT2D eigenvalue weighted by Crippen LogP contribution is 2.11. The van der Waals surface area contributed by atoms with Gasteiger partial charge in [0, 0.05) is 25.2 Å². The molecule has 0 spiro atoms. The number of nitrogens with one attached hydrogen (secondary N) is 1. The maximum absolute atomic E-state index is 3.35. The lowest BCUT2D eigenvalue weighted by Crippen LogP contribution is -2.59. The molecule has 1 rings (SSSR count). The second-order valence-electron chi connectivity index (χ2n) is 4.35. The van der Waals surface area contributed by atoms with E-state index in [1.54, 1.807) is 0 Å². The summed E-state index contributed by atoms with van der Waals surface area (Å²) in [5.74, 6) is 0. The first-order valence-electron chi connectivity index (χ1n) is 5.72. The van der Waals surface area contributed by atoms with E-state index in [4.69, 9.17) is 0 Å². The summed E-state index contributed by atoms with van der Waals surface area (Å²) in [5, 5.41) is 3.35. The average Bonchev–Trinajstić information content (AvgIpc) is 1.99. The SMILES string of the molecule is CCCCCN(C(C)C)C1CNC1. The Morgan fingerprint density at radius 3 is 2.38 bits per heavy atom. The summed E-state index contributed by atoms with van der Waals surface area (Å²) >= 11 is 0. The molecule has 0 aliphatic carbocycles. The van der Waals surface area contributed by atoms with Crippen LogP contribution in [-0.4, -0.2) is 36.6 Å². The summed E-state index contributed by atoms with van der Waals surface area (Å²) in [7, 11) is 0. The minimum atomic E-state index is 0.712. The lowest BCUT2D eigenvalue weighted by molar-refractivity contribution is 0.109. The molecule has 0 saturated carbocycles. The predicted octanol–water partition coefficient (Wildman–Crippen LogP) is 1.86. The van der Waals surface area contributed by atoms with E-state index in [1.807, 2.05) is 0 Å². The highest BCUT2D eigenvalue weighted by Gasteiger charge is 2.25. The monoisotopic (exact) mass is 184 g/mol. The summed E-state index contributed by atoms with van der Waals surface area (Å²) in [6.07, 6.45) is 4.07. The van der Waals surface area contributed by atoms with Gasteiger partial charge in [0.2, 0.25) is 0 Å². The van der Waals surface area contributed by atoms with Crippen LogP contribution in [0.4, 0.5) is 0 Å². The zero-order valence-corrected chi connectivity index (χ0v) is 9.34. The lowest BCUT2D eigenvalue weighted by atomic mass is 10.1. The lowest BCUT2D eigenvalue weighted by Gasteiger charge is -2.40. The van der Waals surface area contributed by atoms with Crippen LogP contribution in [0.2, 0.25) is 0 Å². The Bertz CT molecular complexity index is 130. The van der Waals surface area contributed by atoms with Gasteiger partial charge in [-0.1, -0.05) is 19.8 Å². The van der Waals surface area contributed by atoms with Crippen LogP contribution in [0.3, 0.4) is 0 Å². The maximum Gasteiger partial charge on any atom is 0.0348 e. The van der Waals surface area contributed by atoms with Crippen molar-refractivity contribution in [1.82, 2.24) is 10.2 Å². The van der Waals surface area contributed by atoms with Crippen molar-refractivity contribution in [3.8, 4) is 0 Å². The smallest absolute Gasteiger partial charge is 0.0348 e. The van der Waals surface area contributed by atoms with Gasteiger partial charge in [-0.05, 0) is 26.8 Å². The second kappa shape index (κ2) is 5.61. The number of hydrogen-bond donors (Lipinski definition) is 1. The third-order valence-corrected chi connectivity index (χ3v) is 2.91. The Kier molecular flexibility index (Phi) is 4.74. The Hall–Kier alpha value is -0.0800. The summed E-state index contributed by atoms with van der Waals surface area (Å²) in [6.45, 7) is 10.6. The van der Waals surface area contributed by atoms with Crippen LogP contribution in [-0.2, 0) is 0 Å². The molecule has 0 amide bonds. The number of nitrogens with zero attached hydrogens (tertiary/aromatic N) is 1. The van der Waals surface area contributed by atoms with Gasteiger partial charge in [0.15, 0.2) is 0 Å². The minimum Gasteiger partial charge on any atom is -0.314 e. The van der Waals surface area contributed by atoms with Crippen molar-refractivity contribution in [2.75, 3.05) is 19.6 Å². The van der Waals surface area contributed by atoms with E-state index in [0.29, 0.717) is 6.04 Å². The van der Waals surface area contributed by atoms with Crippen LogP contribution < -0.4 is 5.32 Å². The van der Waals surface area contributed by atoms with Crippen LogP contribution in [0.15, 0.2) is 0 Å². The molecule has 0 bridgehead atoms. The number of hydrogen-bond acceptors (Lipinski definition) is 2. The van der Waals surface area contributed by atoms with Crippen molar-refractivity contribution in [3.63, 3.8) is 0 Å². The van der Waals surface area contributed by atoms with Crippen molar-refractivity contribution in [2.45, 2.75) is 52.1 Å². The third kappa shape index (κ3) is 3.28. The summed E-state index contributed by atoms with van der Waals surface area (Å²) < 4.78 is 0. The summed E-state index contributed by atoms with van der Waals surface area (Å²) in [4.78, 5) is 2.64. The molecule has 78 valence electrons. The molecule has 2 nitrogen and oxygen atoms in total. The van der Waals surface area contributed by atoms with Gasteiger partial charge in [0.05, 0.1) is 0 Å². The molecule has 1 aliphatic rings. The van der Waals surface area contributed by atoms with Gasteiger partial charge in [-0.2, -0.15) is 0 Å². The fraction of sp³-hybridized carbons (Fsp3) is 1.00. The van der Waals surface area contributed by atoms with Crippen LogP contribution in [0, 0.1) is 0 Å². The van der Waals surface area contributed by atoms with Gasteiger partial charge in [-0.25, -0.2) is 0 Å². The van der Waals surface area contributed by atoms with Gasteiger partial charge in [-0.15, -0.1) is 0 Å². The average molecular weight is 184 g/mol. The quantitative estimate of drug-likeness (QED) is 0.634. The normalized spacial score (nSPS) is 18.2. The minimum absolute atomic E-state index is 0.712. The Labute approximate surface area is 82.7 Å². The van der Waals surface area contributed by atoms with Crippen LogP contribution >= 0.6 is 0 Å². The van der Waals surface area contributed by atoms with Gasteiger partial charge in [0.1, 0.15) is 0 Å². The van der Waals surface area contributed by atoms with E-state index < -0.39 is 0 Å². The molecule has 1 heterocycles. The first kappa shape index (κ1) is 11.0. The van der Waals surface area contributed by atoms with Gasteiger partial charge >= 0.3 is 0 Å². The Balaban J connectivity index is 2.21. The van der Waals surface area contributed by atoms with Crippen LogP contribution in [0.25, 0.3) is 0 Å². The molecule has 1 N–H and O–H groups in total. The largest absolute Gasteiger partial charge is 0.314 e. The molecule has 0 aromatic carbocycles. The Morgan fingerprint density at radius 1 is 1.31 bits per heavy atom. The van der Waals surface area contributed by atoms with Crippen molar-refractivity contribution in [3.05, 3.63) is 0 Å². The standard InChI is InChI=1S/C11H24N2/c1-4-5-6-7-13(10(2)3)11-8-12-9-11/h10-12H,4-9H2,1-3H3. The fourth-order valence-electron chi connectivity index (χ4n) is 1.91. The first-order chi connectivity index (χ1) is 6.25. The Morgan fingerprint density at radius 2 is 2.00 bits per heavy atom. The second-order valence-corrected chi connectivity index (χ2v) is 4.35. The van der Waals surface area contributed by atoms with Crippen molar-refractivity contribution >= 4 is 0 Å². The zero-order valence-electron chi connectivity index (χ0n) is 9.34. The molecule has 13 heavy (non-hydrogen) atoms. The van der Waals surface area contributed by atoms with Crippen molar-refractivity contribution in [1.29, 1.82) is 0 Å². The highest BCUT2D eigenvalue weighted by atomic mass is 15.2. The fourth-order valence-corrected chi connectivity index (χ4v) is 1.91. The van der Waals surface area contributed by atoms with Crippen molar-refractivity contribution < 1.29 is 0 Å². The van der Waals surface area contributed by atoms with Crippen LogP contribution in [0.5, 0.6) is 0 Å². The molecule has 0 aromatic rings. The van der Waals surface area contributed by atoms with Gasteiger partial charge in [-0.3, -0.25) is 4.90 Å². The predicted molar refractivity (Wildman–Crippen MR) is 58.0 cm³/mol. The first-order valence-corrected chi connectivity index (χ1v) is 5.72. The van der Waals surface area contributed by atoms with E-state index in [9.17, 15) is 0 Å². The van der Waals surface area contributed by atoms with E-state index in [0.717, 1.165) is 6.04 Å². The number of rotatable bonds is 6. The summed E-state index contributed by atoms with van der Waals surface area (Å²) in [5.41, 5.74) is 0. The molecule has 0 unspecified atom stereocenters. The molecular formula is C11H24N2. The van der Waals surface area contributed by atoms with E-state index >= 15 is 0 Å². The molecule has 1 saturated heterocycles. The van der Waals surface area contributed by atoms with Gasteiger partial charge in [0.25, 0.3) is 0 Å². The molecule has 2 heteroatoms. The summed E-state index contributed by atoms with van der Waals surface area (Å²) in [6, 6.07) is 1.53. The van der Waals surface area contributed by atoms with Crippen LogP contribution in [0.1, 0.15) is 40.0 Å². The number of unbranched alkanes of at least 4 members (excludes halogenated alkanes) is 2. The topological polar surface area (TPSA) is 15.3 Å². The maximum atomic E-state index is 3.35. The zero-order chi connectivity index (χ0) is 9.68. The highest BCUT2D eigenvalue weighted by molar-refractivity contribution is 4.86. The van der Waals surface area contributed by atoms with E-state index in [2.05, 4.69) is 31.0 Å². The third-order valence-electron chi connectivity index (χ3n) is 2.91. The molecule has 0 aromatic heterocycles. The van der Waals surface area contributed by atoms with E-state index in [-0.39, 0.29) is 0 Å². The molecule has 1 fully saturated rings. The van der Waals surface area contributed by atoms with E-state index in [1.165, 1.54) is 38.9 Å². The molecule has 0 atom stereocenters. The van der Waals surface area contributed by atoms with Crippen molar-refractivity contribution in [2.24, 2.45) is 0 Å². The molecule has 1 aliphatic heterocycles. The molecular weight excluding hydrogens is 160 g/mol. The molecule has 0 radical (unpaired) electrons. The van der Waals surface area contributed by atoms with Gasteiger partial charge < -0.3 is 5.32 Å².